The van der Waals surface area contributed by atoms with Crippen molar-refractivity contribution in [3.63, 3.8) is 0 Å². The predicted octanol–water partition coefficient (Wildman–Crippen LogP) is 4.43. The second-order valence-corrected chi connectivity index (χ2v) is 7.29. The van der Waals surface area contributed by atoms with Crippen LogP contribution >= 0.6 is 0 Å². The highest BCUT2D eigenvalue weighted by Gasteiger charge is 2.31. The third-order valence-corrected chi connectivity index (χ3v) is 5.25. The van der Waals surface area contributed by atoms with Crippen molar-refractivity contribution < 1.29 is 23.9 Å². The highest BCUT2D eigenvalue weighted by Crippen LogP contribution is 2.43. The monoisotopic (exact) mass is 457 g/mol. The number of carbonyl (C=O) groups is 1. The van der Waals surface area contributed by atoms with Crippen LogP contribution in [-0.4, -0.2) is 17.5 Å². The van der Waals surface area contributed by atoms with Crippen molar-refractivity contribution in [1.82, 2.24) is 0 Å². The second-order valence-electron chi connectivity index (χ2n) is 7.29. The summed E-state index contributed by atoms with van der Waals surface area (Å²) in [5, 5.41) is 20.9. The van der Waals surface area contributed by atoms with Crippen molar-refractivity contribution in [1.29, 1.82) is 5.26 Å². The summed E-state index contributed by atoms with van der Waals surface area (Å²) in [7, 11) is 0. The quantitative estimate of drug-likeness (QED) is 0.248. The molecule has 9 nitrogen and oxygen atoms in total. The zero-order chi connectivity index (χ0) is 24.2. The molecule has 3 aromatic rings. The first-order valence-electron chi connectivity index (χ1n) is 10.3. The van der Waals surface area contributed by atoms with Gasteiger partial charge in [-0.25, -0.2) is 4.79 Å². The van der Waals surface area contributed by atoms with Crippen LogP contribution in [0.15, 0.2) is 78.2 Å². The number of allylic oxidation sites excluding steroid dienone is 1. The lowest BCUT2D eigenvalue weighted by Crippen LogP contribution is -2.21. The van der Waals surface area contributed by atoms with Crippen molar-refractivity contribution in [3.05, 3.63) is 105 Å². The van der Waals surface area contributed by atoms with Crippen molar-refractivity contribution in [2.45, 2.75) is 12.8 Å². The van der Waals surface area contributed by atoms with E-state index >= 15 is 0 Å². The Balaban J connectivity index is 1.67. The van der Waals surface area contributed by atoms with Crippen LogP contribution in [0.5, 0.6) is 17.2 Å². The van der Waals surface area contributed by atoms with Gasteiger partial charge >= 0.3 is 5.97 Å². The maximum Gasteiger partial charge on any atom is 0.350 e. The zero-order valence-corrected chi connectivity index (χ0v) is 18.1. The number of benzene rings is 3. The molecule has 1 aliphatic heterocycles. The van der Waals surface area contributed by atoms with Crippen LogP contribution in [0.4, 0.5) is 5.69 Å². The number of ether oxygens (including phenoxy) is 3. The van der Waals surface area contributed by atoms with Crippen LogP contribution < -0.4 is 19.9 Å². The maximum atomic E-state index is 12.6. The lowest BCUT2D eigenvalue weighted by molar-refractivity contribution is -0.385. The number of nitrogens with two attached hydrogens (primary N) is 1. The third-order valence-electron chi connectivity index (χ3n) is 5.25. The van der Waals surface area contributed by atoms with Crippen LogP contribution in [0.3, 0.4) is 0 Å². The first-order chi connectivity index (χ1) is 16.4. The van der Waals surface area contributed by atoms with E-state index in [9.17, 15) is 20.2 Å². The highest BCUT2D eigenvalue weighted by molar-refractivity contribution is 5.95. The number of hydrogen-bond donors (Lipinski definition) is 1. The molecule has 0 saturated carbocycles. The summed E-state index contributed by atoms with van der Waals surface area (Å²) in [5.41, 5.74) is 7.21. The Hall–Kier alpha value is -4.84. The van der Waals surface area contributed by atoms with Gasteiger partial charge in [0.2, 0.25) is 5.88 Å². The van der Waals surface area contributed by atoms with E-state index in [1.54, 1.807) is 6.07 Å². The van der Waals surface area contributed by atoms with Gasteiger partial charge in [-0.3, -0.25) is 10.1 Å². The Morgan fingerprint density at radius 1 is 1.15 bits per heavy atom. The molecule has 0 spiro atoms. The van der Waals surface area contributed by atoms with Crippen molar-refractivity contribution in [2.75, 3.05) is 6.61 Å². The SMILES string of the molecule is CCOc1ccc(C2C(C#N)=C(N)Oc3cc(OC(=O)c4ccccc4[N+](=O)[O-])ccc32)cc1. The molecule has 0 saturated heterocycles. The normalized spacial score (nSPS) is 14.4. The van der Waals surface area contributed by atoms with Gasteiger partial charge in [0.05, 0.1) is 17.4 Å². The topological polar surface area (TPSA) is 138 Å². The molecule has 1 unspecified atom stereocenters. The molecule has 3 aromatic carbocycles. The average molecular weight is 457 g/mol. The van der Waals surface area contributed by atoms with E-state index in [-0.39, 0.29) is 28.5 Å². The minimum absolute atomic E-state index is 0.0592. The molecule has 4 rings (SSSR count). The summed E-state index contributed by atoms with van der Waals surface area (Å²) in [5.74, 6) is -0.317. The second kappa shape index (κ2) is 9.34. The summed E-state index contributed by atoms with van der Waals surface area (Å²) in [6.45, 7) is 2.42. The molecule has 170 valence electrons. The van der Waals surface area contributed by atoms with Crippen LogP contribution in [-0.2, 0) is 0 Å². The van der Waals surface area contributed by atoms with Gasteiger partial charge in [0.25, 0.3) is 5.69 Å². The Bertz CT molecular complexity index is 1340. The number of fused-ring (bicyclic) bond motifs is 1. The molecular formula is C25H19N3O6. The maximum absolute atomic E-state index is 12.6. The molecule has 0 bridgehead atoms. The molecule has 1 heterocycles. The minimum atomic E-state index is -0.882. The van der Waals surface area contributed by atoms with Gasteiger partial charge in [0.1, 0.15) is 34.5 Å². The lowest BCUT2D eigenvalue weighted by atomic mass is 9.83. The average Bonchev–Trinajstić information content (AvgIpc) is 2.83. The van der Waals surface area contributed by atoms with Gasteiger partial charge in [0.15, 0.2) is 0 Å². The fourth-order valence-corrected chi connectivity index (χ4v) is 3.73. The summed E-state index contributed by atoms with van der Waals surface area (Å²) >= 11 is 0. The number of nitriles is 1. The fraction of sp³-hybridized carbons (Fsp3) is 0.120. The van der Waals surface area contributed by atoms with Gasteiger partial charge in [-0.1, -0.05) is 30.3 Å². The number of nitrogens with zero attached hydrogens (tertiary/aromatic N) is 2. The summed E-state index contributed by atoms with van der Waals surface area (Å²) in [4.78, 5) is 23.2. The van der Waals surface area contributed by atoms with Gasteiger partial charge in [0, 0.05) is 17.7 Å². The number of para-hydroxylation sites is 1. The molecule has 9 heteroatoms. The van der Waals surface area contributed by atoms with E-state index in [0.29, 0.717) is 23.7 Å². The Morgan fingerprint density at radius 2 is 1.85 bits per heavy atom. The third kappa shape index (κ3) is 4.25. The molecule has 2 N–H and O–H groups in total. The number of hydrogen-bond acceptors (Lipinski definition) is 8. The molecule has 0 aromatic heterocycles. The number of rotatable bonds is 6. The van der Waals surface area contributed by atoms with E-state index in [2.05, 4.69) is 6.07 Å². The molecular weight excluding hydrogens is 438 g/mol. The largest absolute Gasteiger partial charge is 0.494 e. The molecule has 0 aliphatic carbocycles. The number of nitro benzene ring substituents is 1. The Labute approximate surface area is 194 Å². The van der Waals surface area contributed by atoms with Crippen molar-refractivity contribution in [2.24, 2.45) is 5.73 Å². The number of nitro groups is 1. The molecule has 0 amide bonds. The molecule has 0 fully saturated rings. The summed E-state index contributed by atoms with van der Waals surface area (Å²) < 4.78 is 16.5. The van der Waals surface area contributed by atoms with E-state index in [1.807, 2.05) is 31.2 Å². The van der Waals surface area contributed by atoms with E-state index < -0.39 is 16.8 Å². The smallest absolute Gasteiger partial charge is 0.350 e. The Morgan fingerprint density at radius 3 is 2.53 bits per heavy atom. The van der Waals surface area contributed by atoms with Crippen LogP contribution in [0.1, 0.15) is 34.3 Å². The van der Waals surface area contributed by atoms with Gasteiger partial charge < -0.3 is 19.9 Å². The summed E-state index contributed by atoms with van der Waals surface area (Å²) in [6, 6.07) is 19.6. The van der Waals surface area contributed by atoms with E-state index in [0.717, 1.165) is 5.56 Å². The van der Waals surface area contributed by atoms with Crippen LogP contribution in [0.25, 0.3) is 0 Å². The molecule has 1 atom stereocenters. The van der Waals surface area contributed by atoms with Crippen molar-refractivity contribution in [3.8, 4) is 23.3 Å². The zero-order valence-electron chi connectivity index (χ0n) is 18.1. The van der Waals surface area contributed by atoms with Crippen molar-refractivity contribution >= 4 is 11.7 Å². The molecule has 1 aliphatic rings. The van der Waals surface area contributed by atoms with Gasteiger partial charge in [-0.2, -0.15) is 5.26 Å². The first-order valence-corrected chi connectivity index (χ1v) is 10.3. The molecule has 34 heavy (non-hydrogen) atoms. The minimum Gasteiger partial charge on any atom is -0.494 e. The lowest BCUT2D eigenvalue weighted by Gasteiger charge is -2.26. The standard InChI is InChI=1S/C25H19N3O6/c1-2-32-16-9-7-15(8-10-16)23-19-12-11-17(13-22(19)34-24(27)20(23)14-26)33-25(29)18-5-3-4-6-21(18)28(30)31/h3-13,23H,2,27H2,1H3. The van der Waals surface area contributed by atoms with Gasteiger partial charge in [-0.05, 0) is 36.8 Å². The predicted molar refractivity (Wildman–Crippen MR) is 121 cm³/mol. The van der Waals surface area contributed by atoms with Gasteiger partial charge in [-0.15, -0.1) is 0 Å². The van der Waals surface area contributed by atoms with Crippen LogP contribution in [0.2, 0.25) is 0 Å². The number of esters is 1. The summed E-state index contributed by atoms with van der Waals surface area (Å²) in [6.07, 6.45) is 0. The fourth-order valence-electron chi connectivity index (χ4n) is 3.73. The highest BCUT2D eigenvalue weighted by atomic mass is 16.6. The van der Waals surface area contributed by atoms with E-state index in [4.69, 9.17) is 19.9 Å². The van der Waals surface area contributed by atoms with Crippen LogP contribution in [0, 0.1) is 21.4 Å². The van der Waals surface area contributed by atoms with E-state index in [1.165, 1.54) is 36.4 Å². The number of carbonyl (C=O) groups excluding carboxylic acids is 1. The Kier molecular flexibility index (Phi) is 6.14. The first kappa shape index (κ1) is 22.4. The molecule has 0 radical (unpaired) electrons.